The maximum atomic E-state index is 14.9. The van der Waals surface area contributed by atoms with Crippen molar-refractivity contribution in [3.8, 4) is 11.1 Å². The van der Waals surface area contributed by atoms with Crippen LogP contribution in [0.2, 0.25) is 0 Å². The molecule has 3 rings (SSSR count). The predicted molar refractivity (Wildman–Crippen MR) is 146 cm³/mol. The molecule has 16 nitrogen and oxygen atoms in total. The molecule has 17 heteroatoms. The van der Waals surface area contributed by atoms with Crippen molar-refractivity contribution in [2.75, 3.05) is 18.0 Å². The van der Waals surface area contributed by atoms with Crippen LogP contribution in [0.1, 0.15) is 37.7 Å². The zero-order chi connectivity index (χ0) is 32.1. The van der Waals surface area contributed by atoms with Crippen LogP contribution in [0.3, 0.4) is 0 Å². The number of amides is 1. The van der Waals surface area contributed by atoms with Crippen LogP contribution in [0, 0.1) is 17.1 Å². The molecule has 1 saturated heterocycles. The Hall–Kier alpha value is -4.90. The molecule has 1 amide bonds. The van der Waals surface area contributed by atoms with Gasteiger partial charge in [0.1, 0.15) is 12.4 Å². The fraction of sp³-hybridized carbons (Fsp3) is 0.423. The average Bonchev–Trinajstić information content (AvgIpc) is 2.96. The molecule has 1 aromatic carbocycles. The van der Waals surface area contributed by atoms with Gasteiger partial charge in [0, 0.05) is 48.6 Å². The van der Waals surface area contributed by atoms with Crippen LogP contribution in [0.15, 0.2) is 30.6 Å². The SMILES string of the molecule is N=C(N)NC(=O)OCc1cccc(-c2cnc(N3CCC(CCCC(=O)O)CC3)nc2)c1F.O=C(O)C(O)C(O)C(=O)O. The molecule has 0 spiro atoms. The van der Waals surface area contributed by atoms with Gasteiger partial charge in [0.2, 0.25) is 5.95 Å². The monoisotopic (exact) mass is 608 g/mol. The third-order valence-electron chi connectivity index (χ3n) is 6.33. The third kappa shape index (κ3) is 11.1. The quantitative estimate of drug-likeness (QED) is 0.129. The molecular weight excluding hydrogens is 575 g/mol. The Bertz CT molecular complexity index is 1270. The van der Waals surface area contributed by atoms with E-state index in [4.69, 9.17) is 41.4 Å². The summed E-state index contributed by atoms with van der Waals surface area (Å²) < 4.78 is 19.8. The molecule has 1 aromatic heterocycles. The van der Waals surface area contributed by atoms with Crippen LogP contribution < -0.4 is 16.0 Å². The number of rotatable bonds is 11. The van der Waals surface area contributed by atoms with Gasteiger partial charge in [-0.15, -0.1) is 0 Å². The van der Waals surface area contributed by atoms with Crippen molar-refractivity contribution in [1.29, 1.82) is 5.41 Å². The van der Waals surface area contributed by atoms with E-state index < -0.39 is 48.0 Å². The van der Waals surface area contributed by atoms with Gasteiger partial charge < -0.3 is 40.9 Å². The van der Waals surface area contributed by atoms with Gasteiger partial charge in [0.05, 0.1) is 0 Å². The van der Waals surface area contributed by atoms with Gasteiger partial charge in [-0.25, -0.2) is 28.7 Å². The second-order valence-electron chi connectivity index (χ2n) is 9.45. The van der Waals surface area contributed by atoms with Crippen LogP contribution in [-0.4, -0.2) is 90.8 Å². The molecule has 43 heavy (non-hydrogen) atoms. The van der Waals surface area contributed by atoms with Crippen molar-refractivity contribution in [3.63, 3.8) is 0 Å². The van der Waals surface area contributed by atoms with Gasteiger partial charge in [-0.05, 0) is 31.6 Å². The number of benzene rings is 1. The molecule has 0 radical (unpaired) electrons. The van der Waals surface area contributed by atoms with Gasteiger partial charge in [-0.1, -0.05) is 18.2 Å². The van der Waals surface area contributed by atoms with E-state index in [1.807, 2.05) is 5.32 Å². The van der Waals surface area contributed by atoms with Crippen molar-refractivity contribution in [2.45, 2.75) is 50.9 Å². The third-order valence-corrected chi connectivity index (χ3v) is 6.33. The van der Waals surface area contributed by atoms with Crippen LogP contribution in [-0.2, 0) is 25.7 Å². The van der Waals surface area contributed by atoms with Crippen molar-refractivity contribution in [1.82, 2.24) is 15.3 Å². The summed E-state index contributed by atoms with van der Waals surface area (Å²) >= 11 is 0. The highest BCUT2D eigenvalue weighted by molar-refractivity contribution is 5.90. The molecule has 234 valence electrons. The van der Waals surface area contributed by atoms with Crippen molar-refractivity contribution >= 4 is 35.9 Å². The largest absolute Gasteiger partial charge is 0.481 e. The Balaban J connectivity index is 0.000000553. The number of carbonyl (C=O) groups is 4. The summed E-state index contributed by atoms with van der Waals surface area (Å²) in [5, 5.41) is 50.2. The molecule has 2 heterocycles. The summed E-state index contributed by atoms with van der Waals surface area (Å²) in [6, 6.07) is 4.73. The van der Waals surface area contributed by atoms with Gasteiger partial charge in [-0.3, -0.25) is 15.5 Å². The predicted octanol–water partition coefficient (Wildman–Crippen LogP) is 0.751. The maximum Gasteiger partial charge on any atom is 0.414 e. The van der Waals surface area contributed by atoms with E-state index in [1.165, 1.54) is 6.07 Å². The van der Waals surface area contributed by atoms with Gasteiger partial charge >= 0.3 is 24.0 Å². The van der Waals surface area contributed by atoms with Crippen molar-refractivity contribution in [3.05, 3.63) is 42.0 Å². The first kappa shape index (κ1) is 34.3. The molecule has 2 atom stereocenters. The fourth-order valence-electron chi connectivity index (χ4n) is 4.06. The van der Waals surface area contributed by atoms with E-state index in [0.29, 0.717) is 23.9 Å². The van der Waals surface area contributed by atoms with Gasteiger partial charge in [0.15, 0.2) is 18.2 Å². The molecule has 2 unspecified atom stereocenters. The molecule has 0 aliphatic carbocycles. The number of aliphatic carboxylic acids is 3. The lowest BCUT2D eigenvalue weighted by Gasteiger charge is -2.32. The average molecular weight is 609 g/mol. The van der Waals surface area contributed by atoms with E-state index in [2.05, 4.69) is 14.9 Å². The number of halogens is 1. The van der Waals surface area contributed by atoms with E-state index in [0.717, 1.165) is 32.4 Å². The highest BCUT2D eigenvalue weighted by Gasteiger charge is 2.29. The summed E-state index contributed by atoms with van der Waals surface area (Å²) in [5.41, 5.74) is 6.00. The lowest BCUT2D eigenvalue weighted by molar-refractivity contribution is -0.165. The number of nitrogens with two attached hydrogens (primary N) is 1. The van der Waals surface area contributed by atoms with Crippen molar-refractivity contribution in [2.24, 2.45) is 11.7 Å². The Kier molecular flexibility index (Phi) is 13.2. The first-order chi connectivity index (χ1) is 20.3. The summed E-state index contributed by atoms with van der Waals surface area (Å²) in [7, 11) is 0. The smallest absolute Gasteiger partial charge is 0.414 e. The zero-order valence-electron chi connectivity index (χ0n) is 22.8. The van der Waals surface area contributed by atoms with Crippen LogP contribution >= 0.6 is 0 Å². The van der Waals surface area contributed by atoms with E-state index in [9.17, 15) is 23.6 Å². The van der Waals surface area contributed by atoms with E-state index >= 15 is 0 Å². The zero-order valence-corrected chi connectivity index (χ0v) is 22.8. The topological polar surface area (TPSA) is 270 Å². The second kappa shape index (κ2) is 16.5. The van der Waals surface area contributed by atoms with Gasteiger partial charge in [-0.2, -0.15) is 0 Å². The first-order valence-corrected chi connectivity index (χ1v) is 13.0. The Morgan fingerprint density at radius 2 is 1.65 bits per heavy atom. The van der Waals surface area contributed by atoms with Crippen molar-refractivity contribution < 1.29 is 53.8 Å². The molecule has 9 N–H and O–H groups in total. The second-order valence-corrected chi connectivity index (χ2v) is 9.45. The number of guanidine groups is 1. The Labute approximate surface area is 244 Å². The van der Waals surface area contributed by atoms with Crippen LogP contribution in [0.25, 0.3) is 11.1 Å². The number of nitrogens with one attached hydrogen (secondary N) is 2. The summed E-state index contributed by atoms with van der Waals surface area (Å²) in [6.45, 7) is 1.26. The normalized spacial score (nSPS) is 14.4. The number of carboxylic acids is 3. The number of nitrogens with zero attached hydrogens (tertiary/aromatic N) is 3. The van der Waals surface area contributed by atoms with Gasteiger partial charge in [0.25, 0.3) is 0 Å². The molecule has 0 saturated carbocycles. The summed E-state index contributed by atoms with van der Waals surface area (Å²) in [5.74, 6) is -4.32. The van der Waals surface area contributed by atoms with Crippen LogP contribution in [0.5, 0.6) is 0 Å². The Morgan fingerprint density at radius 1 is 1.07 bits per heavy atom. The highest BCUT2D eigenvalue weighted by Crippen LogP contribution is 2.27. The number of hydrogen-bond acceptors (Lipinski definition) is 11. The number of aliphatic hydroxyl groups is 2. The molecular formula is C26H33FN6O10. The molecule has 2 aromatic rings. The first-order valence-electron chi connectivity index (χ1n) is 13.0. The number of anilines is 1. The minimum absolute atomic E-state index is 0.167. The minimum atomic E-state index is -2.27. The number of hydrogen-bond donors (Lipinski definition) is 8. The minimum Gasteiger partial charge on any atom is -0.481 e. The summed E-state index contributed by atoms with van der Waals surface area (Å²) in [6.07, 6.45) is 1.38. The molecule has 1 aliphatic rings. The molecule has 1 aliphatic heterocycles. The lowest BCUT2D eigenvalue weighted by atomic mass is 9.92. The number of aliphatic hydroxyl groups excluding tert-OH is 2. The number of alkyl carbamates (subject to hydrolysis) is 1. The maximum absolute atomic E-state index is 14.9. The molecule has 1 fully saturated rings. The lowest BCUT2D eigenvalue weighted by Crippen LogP contribution is -2.39. The standard InChI is InChI=1S/C22H27FN6O4.C4H6O6/c23-19-15(13-33-22(32)28-20(24)25)4-2-5-17(19)16-11-26-21(27-12-16)29-9-7-14(8-10-29)3-1-6-18(30)31;5-1(3(7)8)2(6)4(9)10/h2,4-5,11-12,14H,1,3,6-10,13H2,(H,30,31)(H4,24,25,28,32);1-2,5-6H,(H,7,8)(H,9,10). The number of ether oxygens (including phenoxy) is 1. The highest BCUT2D eigenvalue weighted by atomic mass is 19.1. The van der Waals surface area contributed by atoms with E-state index in [-0.39, 0.29) is 24.2 Å². The molecule has 0 bridgehead atoms. The number of piperidine rings is 1. The fourth-order valence-corrected chi connectivity index (χ4v) is 4.06. The number of carbonyl (C=O) groups excluding carboxylic acids is 1. The number of aromatic nitrogens is 2. The summed E-state index contributed by atoms with van der Waals surface area (Å²) in [4.78, 5) is 52.5. The number of carboxylic acid groups (broad SMARTS) is 3. The van der Waals surface area contributed by atoms with Crippen LogP contribution in [0.4, 0.5) is 15.1 Å². The Morgan fingerprint density at radius 3 is 2.16 bits per heavy atom. The van der Waals surface area contributed by atoms with E-state index in [1.54, 1.807) is 24.5 Å².